The number of hydrogen-bond acceptors (Lipinski definition) is 12. The summed E-state index contributed by atoms with van der Waals surface area (Å²) in [7, 11) is 0. The molecule has 0 saturated carbocycles. The van der Waals surface area contributed by atoms with Crippen LogP contribution in [0.1, 0.15) is 42.4 Å². The molecule has 262 valence electrons. The lowest BCUT2D eigenvalue weighted by Gasteiger charge is -2.45. The lowest BCUT2D eigenvalue weighted by Crippen LogP contribution is -2.70. The van der Waals surface area contributed by atoms with E-state index in [4.69, 9.17) is 25.4 Å². The number of fused-ring (bicyclic) bond motifs is 2. The second kappa shape index (κ2) is 13.0. The first-order valence-electron chi connectivity index (χ1n) is 15.6. The average Bonchev–Trinajstić information content (AvgIpc) is 3.08. The van der Waals surface area contributed by atoms with Gasteiger partial charge in [0.2, 0.25) is 12.0 Å². The van der Waals surface area contributed by atoms with Gasteiger partial charge in [0.25, 0.3) is 0 Å². The number of carbonyl (C=O) groups is 1. The highest BCUT2D eigenvalue weighted by molar-refractivity contribution is 5.93. The van der Waals surface area contributed by atoms with Crippen LogP contribution in [0.5, 0.6) is 23.0 Å². The Balaban J connectivity index is 1.44. The summed E-state index contributed by atoms with van der Waals surface area (Å²) in [4.78, 5) is 28.9. The number of phenolic OH excluding ortho intramolecular Hbond substituents is 3. The molecule has 11 N–H and O–H groups in total. The first-order chi connectivity index (χ1) is 23.7. The molecule has 1 aliphatic carbocycles. The molecule has 6 rings (SSSR count). The second-order valence-electron chi connectivity index (χ2n) is 12.3. The molecule has 50 heavy (non-hydrogen) atoms. The molecule has 1 saturated heterocycles. The molecule has 4 aromatic rings. The molecule has 0 bridgehead atoms. The largest absolute Gasteiger partial charge is 0.508 e. The van der Waals surface area contributed by atoms with Gasteiger partial charge in [0.05, 0.1) is 6.54 Å². The lowest BCUT2D eigenvalue weighted by molar-refractivity contribution is -0.303. The standard InChI is InChI=1S/C35H35N3O12/c1-2-15-9-17(10-16-5-3-4-6-19(15)16)21-11-18(39)7-8-20(21)23-12-22(40)26-24(48-23)13-25(27(41)28(26)42)49-33-31(44)35(47,14-38-34(36)37)30(43)29(50-33)32(45)46/h3-8,10-13,15,29-31,33,39,41-44,47H,2,9,14H2,1H3,(H,45,46)(H4,36,37,38)/t15-,29+,30-,31+,33-,35+/m1/s1. The number of carboxylic acid groups (broad SMARTS) is 1. The Bertz CT molecular complexity index is 2110. The highest BCUT2D eigenvalue weighted by atomic mass is 16.7. The maximum Gasteiger partial charge on any atom is 0.335 e. The third-order valence-corrected chi connectivity index (χ3v) is 9.12. The molecule has 6 atom stereocenters. The van der Waals surface area contributed by atoms with Crippen molar-refractivity contribution in [2.24, 2.45) is 16.5 Å². The van der Waals surface area contributed by atoms with Crippen molar-refractivity contribution in [3.05, 3.63) is 81.5 Å². The summed E-state index contributed by atoms with van der Waals surface area (Å²) in [5, 5.41) is 74.1. The molecule has 1 fully saturated rings. The molecule has 3 aromatic carbocycles. The van der Waals surface area contributed by atoms with Crippen molar-refractivity contribution in [1.29, 1.82) is 0 Å². The molecular weight excluding hydrogens is 654 g/mol. The van der Waals surface area contributed by atoms with Crippen molar-refractivity contribution in [3.63, 3.8) is 0 Å². The van der Waals surface area contributed by atoms with Gasteiger partial charge in [0, 0.05) is 17.7 Å². The van der Waals surface area contributed by atoms with Crippen LogP contribution in [0, 0.1) is 0 Å². The van der Waals surface area contributed by atoms with Crippen LogP contribution in [-0.2, 0) is 9.53 Å². The Hall–Kier alpha value is -5.61. The van der Waals surface area contributed by atoms with Gasteiger partial charge in [-0.3, -0.25) is 9.79 Å². The topological polar surface area (TPSA) is 272 Å². The SMILES string of the molecule is CC[C@@H]1CC(c2cc(O)ccc2-c2cc(=O)c3c(O)c(O)c(O[C@@H]4O[C@H](C(=O)O)[C@@H](O)[C@@](O)(CN=C(N)N)[C@H]4O)cc3o2)=Cc2ccccc21. The van der Waals surface area contributed by atoms with Crippen LogP contribution < -0.4 is 21.6 Å². The third-order valence-electron chi connectivity index (χ3n) is 9.12. The van der Waals surface area contributed by atoms with Gasteiger partial charge in [0.1, 0.15) is 40.3 Å². The maximum absolute atomic E-state index is 13.4. The molecular formula is C35H35N3O12. The van der Waals surface area contributed by atoms with Crippen LogP contribution in [-0.4, -0.2) is 84.4 Å². The molecule has 15 heteroatoms. The smallest absolute Gasteiger partial charge is 0.335 e. The van der Waals surface area contributed by atoms with Crippen molar-refractivity contribution in [1.82, 2.24) is 0 Å². The van der Waals surface area contributed by atoms with E-state index in [0.29, 0.717) is 17.5 Å². The van der Waals surface area contributed by atoms with Crippen LogP contribution in [0.3, 0.4) is 0 Å². The molecule has 0 spiro atoms. The number of aromatic hydroxyl groups is 3. The van der Waals surface area contributed by atoms with Gasteiger partial charge in [-0.15, -0.1) is 0 Å². The normalized spacial score (nSPS) is 24.6. The van der Waals surface area contributed by atoms with E-state index in [9.17, 15) is 45.3 Å². The summed E-state index contributed by atoms with van der Waals surface area (Å²) in [6.45, 7) is 1.22. The Labute approximate surface area is 283 Å². The number of allylic oxidation sites excluding steroid dienone is 1. The zero-order valence-corrected chi connectivity index (χ0v) is 26.6. The average molecular weight is 690 g/mol. The fraction of sp³-hybridized carbons (Fsp3) is 0.286. The van der Waals surface area contributed by atoms with E-state index in [1.54, 1.807) is 12.1 Å². The van der Waals surface area contributed by atoms with Crippen LogP contribution in [0.15, 0.2) is 68.8 Å². The maximum atomic E-state index is 13.4. The van der Waals surface area contributed by atoms with E-state index < -0.39 is 76.7 Å². The summed E-state index contributed by atoms with van der Waals surface area (Å²) in [6.07, 6.45) is -5.20. The van der Waals surface area contributed by atoms with Gasteiger partial charge in [-0.25, -0.2) is 4.79 Å². The van der Waals surface area contributed by atoms with Crippen molar-refractivity contribution < 1.29 is 54.4 Å². The van der Waals surface area contributed by atoms with E-state index in [0.717, 1.165) is 29.7 Å². The Kier molecular flexibility index (Phi) is 8.92. The highest BCUT2D eigenvalue weighted by Crippen LogP contribution is 2.46. The summed E-state index contributed by atoms with van der Waals surface area (Å²) in [6, 6.07) is 14.7. The van der Waals surface area contributed by atoms with Gasteiger partial charge in [0.15, 0.2) is 29.0 Å². The number of ether oxygens (including phenoxy) is 2. The number of aliphatic hydroxyl groups is 3. The van der Waals surface area contributed by atoms with Crippen molar-refractivity contribution >= 4 is 34.5 Å². The number of nitrogens with zero attached hydrogens (tertiary/aromatic N) is 1. The van der Waals surface area contributed by atoms with E-state index in [2.05, 4.69) is 18.0 Å². The zero-order valence-electron chi connectivity index (χ0n) is 26.6. The number of nitrogens with two attached hydrogens (primary N) is 2. The summed E-state index contributed by atoms with van der Waals surface area (Å²) in [5.41, 5.74) is 11.0. The van der Waals surface area contributed by atoms with Gasteiger partial charge in [-0.1, -0.05) is 37.3 Å². The van der Waals surface area contributed by atoms with Crippen LogP contribution in [0.25, 0.3) is 33.9 Å². The summed E-state index contributed by atoms with van der Waals surface area (Å²) >= 11 is 0. The molecule has 1 aromatic heterocycles. The van der Waals surface area contributed by atoms with E-state index >= 15 is 0 Å². The fourth-order valence-corrected chi connectivity index (χ4v) is 6.47. The van der Waals surface area contributed by atoms with Gasteiger partial charge in [-0.05, 0) is 59.2 Å². The summed E-state index contributed by atoms with van der Waals surface area (Å²) < 4.78 is 16.9. The Morgan fingerprint density at radius 3 is 2.46 bits per heavy atom. The monoisotopic (exact) mass is 689 g/mol. The van der Waals surface area contributed by atoms with Crippen molar-refractivity contribution in [2.45, 2.75) is 55.9 Å². The molecule has 2 heterocycles. The van der Waals surface area contributed by atoms with Gasteiger partial charge < -0.3 is 61.1 Å². The van der Waals surface area contributed by atoms with E-state index in [1.807, 2.05) is 24.3 Å². The van der Waals surface area contributed by atoms with E-state index in [-0.39, 0.29) is 23.0 Å². The molecule has 0 unspecified atom stereocenters. The van der Waals surface area contributed by atoms with Crippen molar-refractivity contribution in [2.75, 3.05) is 6.54 Å². The number of rotatable bonds is 8. The summed E-state index contributed by atoms with van der Waals surface area (Å²) in [5.74, 6) is -4.67. The number of guanidine groups is 1. The molecule has 0 amide bonds. The number of benzene rings is 3. The molecule has 0 radical (unpaired) electrons. The fourth-order valence-electron chi connectivity index (χ4n) is 6.47. The minimum atomic E-state index is -2.72. The predicted octanol–water partition coefficient (Wildman–Crippen LogP) is 1.93. The number of hydrogen-bond donors (Lipinski definition) is 9. The second-order valence-corrected chi connectivity index (χ2v) is 12.3. The van der Waals surface area contributed by atoms with Crippen LogP contribution >= 0.6 is 0 Å². The third kappa shape index (κ3) is 5.96. The van der Waals surface area contributed by atoms with Gasteiger partial charge >= 0.3 is 5.97 Å². The quantitative estimate of drug-likeness (QED) is 0.0727. The number of aliphatic imine (C=N–C) groups is 1. The number of aliphatic hydroxyl groups excluding tert-OH is 2. The van der Waals surface area contributed by atoms with Gasteiger partial charge in [-0.2, -0.15) is 0 Å². The first kappa shape index (κ1) is 34.3. The molecule has 1 aliphatic heterocycles. The first-order valence-corrected chi connectivity index (χ1v) is 15.6. The number of carboxylic acids is 1. The predicted molar refractivity (Wildman–Crippen MR) is 179 cm³/mol. The van der Waals surface area contributed by atoms with Crippen molar-refractivity contribution in [3.8, 4) is 34.3 Å². The van der Waals surface area contributed by atoms with E-state index in [1.165, 1.54) is 11.6 Å². The number of aliphatic carboxylic acids is 1. The molecule has 15 nitrogen and oxygen atoms in total. The van der Waals surface area contributed by atoms with Crippen LogP contribution in [0.4, 0.5) is 0 Å². The van der Waals surface area contributed by atoms with Crippen LogP contribution in [0.2, 0.25) is 0 Å². The lowest BCUT2D eigenvalue weighted by atomic mass is 9.78. The highest BCUT2D eigenvalue weighted by Gasteiger charge is 2.58. The minimum absolute atomic E-state index is 0.0198. The Morgan fingerprint density at radius 2 is 1.76 bits per heavy atom. The zero-order chi connectivity index (χ0) is 36.1. The Morgan fingerprint density at radius 1 is 1.02 bits per heavy atom. The molecule has 2 aliphatic rings. The minimum Gasteiger partial charge on any atom is -0.508 e. The number of phenols is 3.